The number of halogens is 1. The number of aromatic nitrogens is 1. The summed E-state index contributed by atoms with van der Waals surface area (Å²) < 4.78 is 19.1. The highest BCUT2D eigenvalue weighted by Gasteiger charge is 2.19. The van der Waals surface area contributed by atoms with Crippen LogP contribution in [0.5, 0.6) is 5.75 Å². The van der Waals surface area contributed by atoms with Crippen LogP contribution in [0.1, 0.15) is 35.5 Å². The quantitative estimate of drug-likeness (QED) is 0.913. The highest BCUT2D eigenvalue weighted by Crippen LogP contribution is 2.31. The third-order valence-electron chi connectivity index (χ3n) is 3.35. The largest absolute Gasteiger partial charge is 0.496 e. The van der Waals surface area contributed by atoms with E-state index in [0.717, 1.165) is 29.1 Å². The molecule has 0 aliphatic carbocycles. The molecule has 1 unspecified atom stereocenters. The first-order valence-corrected chi connectivity index (χ1v) is 7.07. The van der Waals surface area contributed by atoms with Gasteiger partial charge in [-0.15, -0.1) is 0 Å². The van der Waals surface area contributed by atoms with E-state index >= 15 is 0 Å². The number of hydrogen-bond donors (Lipinski definition) is 1. The molecule has 0 aliphatic rings. The van der Waals surface area contributed by atoms with E-state index < -0.39 is 0 Å². The molecule has 0 saturated carbocycles. The Labute approximate surface area is 125 Å². The second kappa shape index (κ2) is 6.68. The van der Waals surface area contributed by atoms with E-state index in [4.69, 9.17) is 4.74 Å². The standard InChI is InChI=1S/C17H21FN2O/c1-5-19-17(13-8-11(2)20-12(3)9-13)15-10-14(18)6-7-16(15)21-4/h6-10,17,19H,5H2,1-4H3. The van der Waals surface area contributed by atoms with Crippen molar-refractivity contribution in [2.75, 3.05) is 13.7 Å². The molecule has 0 saturated heterocycles. The van der Waals surface area contributed by atoms with Crippen molar-refractivity contribution in [3.05, 3.63) is 58.7 Å². The van der Waals surface area contributed by atoms with Crippen molar-refractivity contribution in [3.63, 3.8) is 0 Å². The Kier molecular flexibility index (Phi) is 4.91. The SMILES string of the molecule is CCNC(c1cc(C)nc(C)c1)c1cc(F)ccc1OC. The fourth-order valence-corrected chi connectivity index (χ4v) is 2.58. The zero-order valence-electron chi connectivity index (χ0n) is 12.9. The minimum absolute atomic E-state index is 0.124. The summed E-state index contributed by atoms with van der Waals surface area (Å²) in [7, 11) is 1.60. The summed E-state index contributed by atoms with van der Waals surface area (Å²) in [5.74, 6) is 0.408. The van der Waals surface area contributed by atoms with Crippen LogP contribution in [0.15, 0.2) is 30.3 Å². The lowest BCUT2D eigenvalue weighted by Crippen LogP contribution is -2.23. The van der Waals surface area contributed by atoms with E-state index in [2.05, 4.69) is 10.3 Å². The van der Waals surface area contributed by atoms with Crippen LogP contribution in [0, 0.1) is 19.7 Å². The molecule has 2 aromatic rings. The fraction of sp³-hybridized carbons (Fsp3) is 0.353. The van der Waals surface area contributed by atoms with Crippen LogP contribution in [0.4, 0.5) is 4.39 Å². The maximum atomic E-state index is 13.7. The molecule has 112 valence electrons. The Morgan fingerprint density at radius 2 is 1.86 bits per heavy atom. The Morgan fingerprint density at radius 1 is 1.19 bits per heavy atom. The lowest BCUT2D eigenvalue weighted by atomic mass is 9.97. The molecule has 0 bridgehead atoms. The van der Waals surface area contributed by atoms with Gasteiger partial charge in [0.15, 0.2) is 0 Å². The monoisotopic (exact) mass is 288 g/mol. The molecular formula is C17H21FN2O. The van der Waals surface area contributed by atoms with Gasteiger partial charge in [-0.05, 0) is 56.3 Å². The zero-order chi connectivity index (χ0) is 15.4. The maximum Gasteiger partial charge on any atom is 0.124 e. The predicted octanol–water partition coefficient (Wildman–Crippen LogP) is 3.55. The summed E-state index contributed by atoms with van der Waals surface area (Å²) in [4.78, 5) is 4.40. The van der Waals surface area contributed by atoms with Crippen molar-refractivity contribution in [2.45, 2.75) is 26.8 Å². The van der Waals surface area contributed by atoms with Crippen LogP contribution in [0.3, 0.4) is 0 Å². The van der Waals surface area contributed by atoms with Crippen molar-refractivity contribution in [1.29, 1.82) is 0 Å². The Morgan fingerprint density at radius 3 is 2.43 bits per heavy atom. The molecule has 4 heteroatoms. The summed E-state index contributed by atoms with van der Waals surface area (Å²) >= 11 is 0. The number of aryl methyl sites for hydroxylation is 2. The van der Waals surface area contributed by atoms with Crippen molar-refractivity contribution >= 4 is 0 Å². The number of hydrogen-bond acceptors (Lipinski definition) is 3. The average Bonchev–Trinajstić information content (AvgIpc) is 2.43. The summed E-state index contributed by atoms with van der Waals surface area (Å²) in [5.41, 5.74) is 3.75. The number of nitrogens with one attached hydrogen (secondary N) is 1. The van der Waals surface area contributed by atoms with Gasteiger partial charge in [0.1, 0.15) is 11.6 Å². The Bertz CT molecular complexity index is 608. The van der Waals surface area contributed by atoms with E-state index in [9.17, 15) is 4.39 Å². The molecular weight excluding hydrogens is 267 g/mol. The molecule has 0 fully saturated rings. The van der Waals surface area contributed by atoms with Gasteiger partial charge in [0, 0.05) is 17.0 Å². The summed E-state index contributed by atoms with van der Waals surface area (Å²) in [6, 6.07) is 8.51. The molecule has 0 amide bonds. The molecule has 0 radical (unpaired) electrons. The first kappa shape index (κ1) is 15.4. The van der Waals surface area contributed by atoms with Crippen LogP contribution in [-0.2, 0) is 0 Å². The normalized spacial score (nSPS) is 12.2. The Hall–Kier alpha value is -1.94. The Balaban J connectivity index is 2.55. The molecule has 21 heavy (non-hydrogen) atoms. The van der Waals surface area contributed by atoms with E-state index in [0.29, 0.717) is 5.75 Å². The van der Waals surface area contributed by atoms with Gasteiger partial charge < -0.3 is 10.1 Å². The van der Waals surface area contributed by atoms with E-state index in [1.54, 1.807) is 13.2 Å². The molecule has 1 aromatic heterocycles. The third-order valence-corrected chi connectivity index (χ3v) is 3.35. The molecule has 1 N–H and O–H groups in total. The highest BCUT2D eigenvalue weighted by atomic mass is 19.1. The van der Waals surface area contributed by atoms with Gasteiger partial charge >= 0.3 is 0 Å². The molecule has 1 atom stereocenters. The van der Waals surface area contributed by atoms with E-state index in [1.165, 1.54) is 12.1 Å². The summed E-state index contributed by atoms with van der Waals surface area (Å²) in [6.45, 7) is 6.72. The fourth-order valence-electron chi connectivity index (χ4n) is 2.58. The summed E-state index contributed by atoms with van der Waals surface area (Å²) in [6.07, 6.45) is 0. The van der Waals surface area contributed by atoms with Crippen LogP contribution in [0.25, 0.3) is 0 Å². The average molecular weight is 288 g/mol. The van der Waals surface area contributed by atoms with Crippen molar-refractivity contribution in [2.24, 2.45) is 0 Å². The summed E-state index contributed by atoms with van der Waals surface area (Å²) in [5, 5.41) is 3.40. The molecule has 0 spiro atoms. The van der Waals surface area contributed by atoms with Crippen molar-refractivity contribution in [1.82, 2.24) is 10.3 Å². The van der Waals surface area contributed by atoms with Gasteiger partial charge in [0.05, 0.1) is 13.2 Å². The second-order valence-electron chi connectivity index (χ2n) is 5.06. The van der Waals surface area contributed by atoms with Crippen molar-refractivity contribution < 1.29 is 9.13 Å². The van der Waals surface area contributed by atoms with Gasteiger partial charge in [-0.1, -0.05) is 6.92 Å². The molecule has 1 aromatic carbocycles. The second-order valence-corrected chi connectivity index (χ2v) is 5.06. The van der Waals surface area contributed by atoms with Gasteiger partial charge in [0.2, 0.25) is 0 Å². The van der Waals surface area contributed by atoms with Crippen molar-refractivity contribution in [3.8, 4) is 5.75 Å². The minimum atomic E-state index is -0.267. The molecule has 0 aliphatic heterocycles. The van der Waals surface area contributed by atoms with E-state index in [-0.39, 0.29) is 11.9 Å². The lowest BCUT2D eigenvalue weighted by molar-refractivity contribution is 0.402. The van der Waals surface area contributed by atoms with Gasteiger partial charge in [-0.3, -0.25) is 4.98 Å². The highest BCUT2D eigenvalue weighted by molar-refractivity contribution is 5.42. The third kappa shape index (κ3) is 3.58. The number of rotatable bonds is 5. The molecule has 3 nitrogen and oxygen atoms in total. The topological polar surface area (TPSA) is 34.2 Å². The molecule has 2 rings (SSSR count). The van der Waals surface area contributed by atoms with E-state index in [1.807, 2.05) is 32.9 Å². The maximum absolute atomic E-state index is 13.7. The van der Waals surface area contributed by atoms with Gasteiger partial charge in [-0.25, -0.2) is 4.39 Å². The van der Waals surface area contributed by atoms with Crippen LogP contribution < -0.4 is 10.1 Å². The van der Waals surface area contributed by atoms with Gasteiger partial charge in [0.25, 0.3) is 0 Å². The number of benzene rings is 1. The first-order valence-electron chi connectivity index (χ1n) is 7.07. The zero-order valence-corrected chi connectivity index (χ0v) is 12.9. The number of methoxy groups -OCH3 is 1. The lowest BCUT2D eigenvalue weighted by Gasteiger charge is -2.22. The van der Waals surface area contributed by atoms with Crippen LogP contribution in [0.2, 0.25) is 0 Å². The number of ether oxygens (including phenoxy) is 1. The smallest absolute Gasteiger partial charge is 0.124 e. The van der Waals surface area contributed by atoms with Crippen LogP contribution >= 0.6 is 0 Å². The first-order chi connectivity index (χ1) is 10.0. The number of nitrogens with zero attached hydrogens (tertiary/aromatic N) is 1. The van der Waals surface area contributed by atoms with Gasteiger partial charge in [-0.2, -0.15) is 0 Å². The van der Waals surface area contributed by atoms with Crippen LogP contribution in [-0.4, -0.2) is 18.6 Å². The predicted molar refractivity (Wildman–Crippen MR) is 82.2 cm³/mol. The molecule has 1 heterocycles. The number of pyridine rings is 1. The minimum Gasteiger partial charge on any atom is -0.496 e.